The van der Waals surface area contributed by atoms with Gasteiger partial charge in [0.1, 0.15) is 0 Å². The van der Waals surface area contributed by atoms with Crippen molar-refractivity contribution in [2.24, 2.45) is 0 Å². The van der Waals surface area contributed by atoms with Crippen molar-refractivity contribution >= 4 is 7.75 Å². The van der Waals surface area contributed by atoms with E-state index in [1.807, 2.05) is 20.8 Å². The highest BCUT2D eigenvalue weighted by atomic mass is 31.2. The van der Waals surface area contributed by atoms with Crippen molar-refractivity contribution in [3.63, 3.8) is 0 Å². The Labute approximate surface area is 67.9 Å². The van der Waals surface area contributed by atoms with Crippen LogP contribution in [0.1, 0.15) is 20.8 Å². The van der Waals surface area contributed by atoms with E-state index in [-0.39, 0.29) is 5.54 Å². The van der Waals surface area contributed by atoms with Crippen molar-refractivity contribution < 1.29 is 13.6 Å². The van der Waals surface area contributed by atoms with Crippen molar-refractivity contribution in [2.45, 2.75) is 26.3 Å². The monoisotopic (exact) mass is 181 g/mol. The third-order valence-electron chi connectivity index (χ3n) is 0.953. The lowest BCUT2D eigenvalue weighted by molar-refractivity contribution is 0.251. The van der Waals surface area contributed by atoms with Gasteiger partial charge in [0.25, 0.3) is 0 Å². The summed E-state index contributed by atoms with van der Waals surface area (Å²) in [5.41, 5.74) is -0.276. The molecule has 0 saturated carbocycles. The second-order valence-electron chi connectivity index (χ2n) is 3.22. The minimum atomic E-state index is -3.05. The van der Waals surface area contributed by atoms with Crippen LogP contribution in [0, 0.1) is 0 Å². The van der Waals surface area contributed by atoms with Gasteiger partial charge in [-0.1, -0.05) is 0 Å². The number of hydrogen-bond acceptors (Lipinski definition) is 3. The van der Waals surface area contributed by atoms with Crippen LogP contribution in [0.15, 0.2) is 0 Å². The maximum atomic E-state index is 11.4. The number of nitrogens with one attached hydrogen (secondary N) is 1. The SMILES string of the molecule is COP(=O)(NC(C)(C)C)OC. The summed E-state index contributed by atoms with van der Waals surface area (Å²) < 4.78 is 20.8. The molecule has 0 bridgehead atoms. The molecule has 68 valence electrons. The summed E-state index contributed by atoms with van der Waals surface area (Å²) in [7, 11) is -0.352. The molecule has 0 amide bonds. The van der Waals surface area contributed by atoms with Crippen LogP contribution in [-0.4, -0.2) is 19.8 Å². The summed E-state index contributed by atoms with van der Waals surface area (Å²) in [6.07, 6.45) is 0. The maximum absolute atomic E-state index is 11.4. The lowest BCUT2D eigenvalue weighted by Crippen LogP contribution is -2.33. The highest BCUT2D eigenvalue weighted by molar-refractivity contribution is 7.51. The van der Waals surface area contributed by atoms with Gasteiger partial charge < -0.3 is 9.05 Å². The molecule has 0 fully saturated rings. The first-order valence-corrected chi connectivity index (χ1v) is 4.88. The summed E-state index contributed by atoms with van der Waals surface area (Å²) in [5, 5.41) is 2.74. The standard InChI is InChI=1S/C6H16NO3P/c1-6(2,3)7-11(8,9-4)10-5/h1-5H3,(H,7,8). The Balaban J connectivity index is 4.21. The van der Waals surface area contributed by atoms with E-state index in [0.717, 1.165) is 0 Å². The highest BCUT2D eigenvalue weighted by Gasteiger charge is 2.27. The molecule has 0 aliphatic rings. The minimum absolute atomic E-state index is 0.276. The van der Waals surface area contributed by atoms with Crippen LogP contribution in [0.2, 0.25) is 0 Å². The molecule has 0 radical (unpaired) electrons. The van der Waals surface area contributed by atoms with Gasteiger partial charge in [0, 0.05) is 19.8 Å². The molecule has 1 N–H and O–H groups in total. The number of rotatable bonds is 3. The zero-order valence-electron chi connectivity index (χ0n) is 7.67. The van der Waals surface area contributed by atoms with E-state index >= 15 is 0 Å². The van der Waals surface area contributed by atoms with Gasteiger partial charge >= 0.3 is 7.75 Å². The molecule has 0 rings (SSSR count). The minimum Gasteiger partial charge on any atom is -0.300 e. The van der Waals surface area contributed by atoms with E-state index in [0.29, 0.717) is 0 Å². The van der Waals surface area contributed by atoms with Gasteiger partial charge in [0.2, 0.25) is 0 Å². The predicted octanol–water partition coefficient (Wildman–Crippen LogP) is 1.78. The third-order valence-corrected chi connectivity index (χ3v) is 2.86. The average molecular weight is 181 g/mol. The molecule has 5 heteroatoms. The zero-order chi connectivity index (χ0) is 9.12. The largest absolute Gasteiger partial charge is 0.405 e. The van der Waals surface area contributed by atoms with Crippen molar-refractivity contribution in [3.8, 4) is 0 Å². The van der Waals surface area contributed by atoms with E-state index < -0.39 is 7.75 Å². The van der Waals surface area contributed by atoms with Crippen LogP contribution in [0.4, 0.5) is 0 Å². The molecule has 11 heavy (non-hydrogen) atoms. The Morgan fingerprint density at radius 2 is 1.55 bits per heavy atom. The first-order chi connectivity index (χ1) is 4.83. The zero-order valence-corrected chi connectivity index (χ0v) is 8.57. The van der Waals surface area contributed by atoms with Crippen LogP contribution in [0.25, 0.3) is 0 Å². The van der Waals surface area contributed by atoms with E-state index in [4.69, 9.17) is 0 Å². The van der Waals surface area contributed by atoms with Crippen LogP contribution in [0.3, 0.4) is 0 Å². The van der Waals surface area contributed by atoms with E-state index in [9.17, 15) is 4.57 Å². The fraction of sp³-hybridized carbons (Fsp3) is 1.00. The maximum Gasteiger partial charge on any atom is 0.405 e. The Kier molecular flexibility index (Phi) is 3.71. The molecule has 0 aliphatic carbocycles. The smallest absolute Gasteiger partial charge is 0.300 e. The topological polar surface area (TPSA) is 47.6 Å². The molecule has 0 unspecified atom stereocenters. The first kappa shape index (κ1) is 11.1. The summed E-state index contributed by atoms with van der Waals surface area (Å²) in [6, 6.07) is 0. The van der Waals surface area contributed by atoms with Gasteiger partial charge in [-0.15, -0.1) is 0 Å². The van der Waals surface area contributed by atoms with Crippen LogP contribution >= 0.6 is 7.75 Å². The normalized spacial score (nSPS) is 13.5. The van der Waals surface area contributed by atoms with Crippen LogP contribution < -0.4 is 5.09 Å². The fourth-order valence-corrected chi connectivity index (χ4v) is 1.73. The summed E-state index contributed by atoms with van der Waals surface area (Å²) >= 11 is 0. The second-order valence-corrected chi connectivity index (χ2v) is 5.17. The lowest BCUT2D eigenvalue weighted by atomic mass is 10.1. The Morgan fingerprint density at radius 1 is 1.18 bits per heavy atom. The van der Waals surface area contributed by atoms with Gasteiger partial charge in [-0.25, -0.2) is 9.65 Å². The summed E-state index contributed by atoms with van der Waals surface area (Å²) in [4.78, 5) is 0. The molecule has 0 aliphatic heterocycles. The quantitative estimate of drug-likeness (QED) is 0.674. The van der Waals surface area contributed by atoms with Gasteiger partial charge in [-0.3, -0.25) is 0 Å². The predicted molar refractivity (Wildman–Crippen MR) is 44.5 cm³/mol. The first-order valence-electron chi connectivity index (χ1n) is 3.34. The Morgan fingerprint density at radius 3 is 1.64 bits per heavy atom. The van der Waals surface area contributed by atoms with Gasteiger partial charge in [-0.2, -0.15) is 0 Å². The third kappa shape index (κ3) is 4.53. The average Bonchev–Trinajstić information content (AvgIpc) is 1.84. The molecular formula is C6H16NO3P. The molecule has 0 aromatic rings. The molecule has 0 aromatic carbocycles. The van der Waals surface area contributed by atoms with E-state index in [2.05, 4.69) is 14.1 Å². The van der Waals surface area contributed by atoms with Crippen molar-refractivity contribution in [1.29, 1.82) is 0 Å². The lowest BCUT2D eigenvalue weighted by Gasteiger charge is -2.25. The molecule has 0 atom stereocenters. The Hall–Kier alpha value is 0.110. The molecule has 0 spiro atoms. The molecule has 4 nitrogen and oxygen atoms in total. The van der Waals surface area contributed by atoms with Gasteiger partial charge in [0.15, 0.2) is 0 Å². The Bertz CT molecular complexity index is 156. The summed E-state index contributed by atoms with van der Waals surface area (Å²) in [5.74, 6) is 0. The van der Waals surface area contributed by atoms with E-state index in [1.54, 1.807) is 0 Å². The van der Waals surface area contributed by atoms with Crippen molar-refractivity contribution in [2.75, 3.05) is 14.2 Å². The van der Waals surface area contributed by atoms with Gasteiger partial charge in [0.05, 0.1) is 0 Å². The van der Waals surface area contributed by atoms with Crippen molar-refractivity contribution in [1.82, 2.24) is 5.09 Å². The van der Waals surface area contributed by atoms with Gasteiger partial charge in [-0.05, 0) is 20.8 Å². The molecule has 0 saturated heterocycles. The van der Waals surface area contributed by atoms with Crippen LogP contribution in [0.5, 0.6) is 0 Å². The highest BCUT2D eigenvalue weighted by Crippen LogP contribution is 2.43. The molecule has 0 aromatic heterocycles. The van der Waals surface area contributed by atoms with Crippen LogP contribution in [-0.2, 0) is 13.6 Å². The fourth-order valence-electron chi connectivity index (χ4n) is 0.577. The van der Waals surface area contributed by atoms with Crippen molar-refractivity contribution in [3.05, 3.63) is 0 Å². The second kappa shape index (κ2) is 3.68. The van der Waals surface area contributed by atoms with E-state index in [1.165, 1.54) is 14.2 Å². The molecule has 0 heterocycles. The number of hydrogen-bond donors (Lipinski definition) is 1. The summed E-state index contributed by atoms with van der Waals surface area (Å²) in [6.45, 7) is 5.66. The molecular weight excluding hydrogens is 165 g/mol.